The summed E-state index contributed by atoms with van der Waals surface area (Å²) < 4.78 is 13.9. The second-order valence-electron chi connectivity index (χ2n) is 4.93. The molecule has 4 heteroatoms. The lowest BCUT2D eigenvalue weighted by molar-refractivity contribution is 0.603. The van der Waals surface area contributed by atoms with Crippen LogP contribution in [-0.4, -0.2) is 6.54 Å². The number of halogens is 1. The van der Waals surface area contributed by atoms with Crippen LogP contribution in [0.5, 0.6) is 0 Å². The Morgan fingerprint density at radius 1 is 1.19 bits per heavy atom. The minimum atomic E-state index is -0.287. The van der Waals surface area contributed by atoms with Crippen LogP contribution < -0.4 is 10.6 Å². The van der Waals surface area contributed by atoms with Gasteiger partial charge < -0.3 is 10.6 Å². The molecule has 0 unspecified atom stereocenters. The van der Waals surface area contributed by atoms with Crippen molar-refractivity contribution in [2.24, 2.45) is 0 Å². The van der Waals surface area contributed by atoms with Crippen molar-refractivity contribution in [3.8, 4) is 6.07 Å². The summed E-state index contributed by atoms with van der Waals surface area (Å²) in [6.07, 6.45) is 0.948. The lowest BCUT2D eigenvalue weighted by Crippen LogP contribution is -2.24. The minimum Gasteiger partial charge on any atom is -0.399 e. The lowest BCUT2D eigenvalue weighted by atomic mass is 10.1. The van der Waals surface area contributed by atoms with Crippen LogP contribution in [0.4, 0.5) is 15.8 Å². The van der Waals surface area contributed by atoms with Gasteiger partial charge in [0.15, 0.2) is 0 Å². The molecular formula is C17H18FN3. The van der Waals surface area contributed by atoms with Crippen molar-refractivity contribution in [3.63, 3.8) is 0 Å². The molecule has 108 valence electrons. The highest BCUT2D eigenvalue weighted by atomic mass is 19.1. The first kappa shape index (κ1) is 14.9. The maximum atomic E-state index is 13.9. The van der Waals surface area contributed by atoms with Gasteiger partial charge in [-0.05, 0) is 48.9 Å². The van der Waals surface area contributed by atoms with Crippen LogP contribution in [0.3, 0.4) is 0 Å². The molecule has 2 N–H and O–H groups in total. The van der Waals surface area contributed by atoms with E-state index in [1.165, 1.54) is 12.1 Å². The number of nitrogens with zero attached hydrogens (tertiary/aromatic N) is 2. The molecule has 0 saturated heterocycles. The Morgan fingerprint density at radius 2 is 1.90 bits per heavy atom. The molecule has 2 aromatic rings. The van der Waals surface area contributed by atoms with E-state index in [1.54, 1.807) is 6.07 Å². The number of nitrogens with two attached hydrogens (primary N) is 1. The van der Waals surface area contributed by atoms with E-state index in [-0.39, 0.29) is 5.82 Å². The molecule has 2 aromatic carbocycles. The molecule has 0 fully saturated rings. The summed E-state index contributed by atoms with van der Waals surface area (Å²) in [7, 11) is 0. The van der Waals surface area contributed by atoms with E-state index in [1.807, 2.05) is 30.3 Å². The molecule has 3 nitrogen and oxygen atoms in total. The Morgan fingerprint density at radius 3 is 2.52 bits per heavy atom. The van der Waals surface area contributed by atoms with E-state index in [0.717, 1.165) is 18.7 Å². The lowest BCUT2D eigenvalue weighted by Gasteiger charge is -2.25. The van der Waals surface area contributed by atoms with Gasteiger partial charge in [0.1, 0.15) is 5.82 Å². The Bertz CT molecular complexity index is 644. The molecule has 0 amide bonds. The molecule has 0 atom stereocenters. The summed E-state index contributed by atoms with van der Waals surface area (Å²) in [4.78, 5) is 2.08. The highest BCUT2D eigenvalue weighted by Gasteiger charge is 2.10. The normalized spacial score (nSPS) is 10.1. The van der Waals surface area contributed by atoms with Crippen molar-refractivity contribution in [1.29, 1.82) is 5.26 Å². The maximum absolute atomic E-state index is 13.9. The monoisotopic (exact) mass is 283 g/mol. The summed E-state index contributed by atoms with van der Waals surface area (Å²) >= 11 is 0. The van der Waals surface area contributed by atoms with Crippen LogP contribution in [0, 0.1) is 17.1 Å². The summed E-state index contributed by atoms with van der Waals surface area (Å²) in [6.45, 7) is 3.31. The van der Waals surface area contributed by atoms with Gasteiger partial charge in [0.2, 0.25) is 0 Å². The van der Waals surface area contributed by atoms with Crippen molar-refractivity contribution >= 4 is 11.4 Å². The van der Waals surface area contributed by atoms with E-state index >= 15 is 0 Å². The number of rotatable bonds is 5. The van der Waals surface area contributed by atoms with Crippen molar-refractivity contribution in [2.75, 3.05) is 17.2 Å². The van der Waals surface area contributed by atoms with Crippen LogP contribution in [-0.2, 0) is 6.54 Å². The molecule has 21 heavy (non-hydrogen) atoms. The van der Waals surface area contributed by atoms with E-state index in [2.05, 4.69) is 11.8 Å². The van der Waals surface area contributed by atoms with E-state index in [0.29, 0.717) is 23.4 Å². The van der Waals surface area contributed by atoms with Crippen LogP contribution >= 0.6 is 0 Å². The smallest absolute Gasteiger partial charge is 0.128 e. The zero-order chi connectivity index (χ0) is 15.2. The number of benzene rings is 2. The van der Waals surface area contributed by atoms with Gasteiger partial charge in [0.05, 0.1) is 11.6 Å². The second-order valence-corrected chi connectivity index (χ2v) is 4.93. The van der Waals surface area contributed by atoms with Crippen molar-refractivity contribution in [2.45, 2.75) is 19.9 Å². The Hall–Kier alpha value is -2.54. The van der Waals surface area contributed by atoms with Crippen molar-refractivity contribution < 1.29 is 4.39 Å². The molecular weight excluding hydrogens is 265 g/mol. The number of hydrogen-bond donors (Lipinski definition) is 1. The SMILES string of the molecule is CCCN(Cc1cc(C#N)ccc1F)c1ccc(N)cc1. The van der Waals surface area contributed by atoms with Crippen LogP contribution in [0.15, 0.2) is 42.5 Å². The Labute approximate surface area is 124 Å². The first-order valence-corrected chi connectivity index (χ1v) is 6.93. The predicted octanol–water partition coefficient (Wildman–Crippen LogP) is 3.70. The highest BCUT2D eigenvalue weighted by molar-refractivity contribution is 5.53. The van der Waals surface area contributed by atoms with Gasteiger partial charge in [-0.3, -0.25) is 0 Å². The molecule has 0 aromatic heterocycles. The third-order valence-corrected chi connectivity index (χ3v) is 3.29. The van der Waals surface area contributed by atoms with Gasteiger partial charge in [-0.1, -0.05) is 6.92 Å². The summed E-state index contributed by atoms with van der Waals surface area (Å²) in [5.74, 6) is -0.287. The maximum Gasteiger partial charge on any atom is 0.128 e. The third kappa shape index (κ3) is 3.73. The topological polar surface area (TPSA) is 53.0 Å². The van der Waals surface area contributed by atoms with Gasteiger partial charge in [-0.15, -0.1) is 0 Å². The molecule has 0 aliphatic rings. The quantitative estimate of drug-likeness (QED) is 0.851. The average molecular weight is 283 g/mol. The zero-order valence-corrected chi connectivity index (χ0v) is 12.0. The molecule has 2 rings (SSSR count). The standard InChI is InChI=1S/C17H18FN3/c1-2-9-21(16-6-4-15(20)5-7-16)12-14-10-13(11-19)3-8-17(14)18/h3-8,10H,2,9,12,20H2,1H3. The molecule has 0 saturated carbocycles. The van der Waals surface area contributed by atoms with Crippen LogP contribution in [0.1, 0.15) is 24.5 Å². The second kappa shape index (κ2) is 6.76. The molecule has 0 radical (unpaired) electrons. The average Bonchev–Trinajstić information content (AvgIpc) is 2.49. The fourth-order valence-corrected chi connectivity index (χ4v) is 2.23. The summed E-state index contributed by atoms with van der Waals surface area (Å²) in [5, 5.41) is 8.94. The largest absolute Gasteiger partial charge is 0.399 e. The number of nitrogen functional groups attached to an aromatic ring is 1. The van der Waals surface area contributed by atoms with Gasteiger partial charge >= 0.3 is 0 Å². The number of anilines is 2. The number of nitriles is 1. The Kier molecular flexibility index (Phi) is 4.78. The highest BCUT2D eigenvalue weighted by Crippen LogP contribution is 2.21. The first-order chi connectivity index (χ1) is 10.1. The zero-order valence-electron chi connectivity index (χ0n) is 12.0. The van der Waals surface area contributed by atoms with Gasteiger partial charge in [0.25, 0.3) is 0 Å². The minimum absolute atomic E-state index is 0.287. The fourth-order valence-electron chi connectivity index (χ4n) is 2.23. The molecule has 0 bridgehead atoms. The van der Waals surface area contributed by atoms with Crippen LogP contribution in [0.25, 0.3) is 0 Å². The van der Waals surface area contributed by atoms with Gasteiger partial charge in [-0.2, -0.15) is 5.26 Å². The summed E-state index contributed by atoms with van der Waals surface area (Å²) in [6, 6.07) is 14.0. The molecule has 0 heterocycles. The Balaban J connectivity index is 2.28. The first-order valence-electron chi connectivity index (χ1n) is 6.93. The van der Waals surface area contributed by atoms with Gasteiger partial charge in [0, 0.05) is 30.0 Å². The van der Waals surface area contributed by atoms with Crippen molar-refractivity contribution in [1.82, 2.24) is 0 Å². The summed E-state index contributed by atoms with van der Waals surface area (Å²) in [5.41, 5.74) is 8.40. The number of hydrogen-bond acceptors (Lipinski definition) is 3. The van der Waals surface area contributed by atoms with Gasteiger partial charge in [-0.25, -0.2) is 4.39 Å². The molecule has 0 aliphatic carbocycles. The van der Waals surface area contributed by atoms with Crippen molar-refractivity contribution in [3.05, 3.63) is 59.4 Å². The van der Waals surface area contributed by atoms with E-state index < -0.39 is 0 Å². The fraction of sp³-hybridized carbons (Fsp3) is 0.235. The van der Waals surface area contributed by atoms with E-state index in [4.69, 9.17) is 11.0 Å². The molecule has 0 spiro atoms. The molecule has 0 aliphatic heterocycles. The van der Waals surface area contributed by atoms with E-state index in [9.17, 15) is 4.39 Å². The predicted molar refractivity (Wildman–Crippen MR) is 83.3 cm³/mol. The van der Waals surface area contributed by atoms with Crippen LogP contribution in [0.2, 0.25) is 0 Å². The third-order valence-electron chi connectivity index (χ3n) is 3.29.